The Balaban J connectivity index is 1.38. The zero-order valence-electron chi connectivity index (χ0n) is 21.7. The fourth-order valence-corrected chi connectivity index (χ4v) is 4.70. The second-order valence-corrected chi connectivity index (χ2v) is 9.64. The third-order valence-electron chi connectivity index (χ3n) is 6.73. The molecule has 0 aromatic heterocycles. The molecule has 2 aromatic rings. The van der Waals surface area contributed by atoms with E-state index in [1.54, 1.807) is 6.92 Å². The number of benzene rings is 2. The van der Waals surface area contributed by atoms with Crippen LogP contribution in [0.4, 0.5) is 4.79 Å². The van der Waals surface area contributed by atoms with Crippen LogP contribution in [0.25, 0.3) is 0 Å². The highest BCUT2D eigenvalue weighted by Crippen LogP contribution is 2.38. The van der Waals surface area contributed by atoms with Crippen molar-refractivity contribution < 1.29 is 34.0 Å². The van der Waals surface area contributed by atoms with E-state index in [4.69, 9.17) is 14.2 Å². The average molecular weight is 528 g/mol. The van der Waals surface area contributed by atoms with Crippen molar-refractivity contribution in [2.45, 2.75) is 57.5 Å². The number of nitrogens with zero attached hydrogens (tertiary/aromatic N) is 1. The van der Waals surface area contributed by atoms with Gasteiger partial charge in [0.15, 0.2) is 6.29 Å². The summed E-state index contributed by atoms with van der Waals surface area (Å²) in [6, 6.07) is 15.0. The first-order chi connectivity index (χ1) is 18.4. The summed E-state index contributed by atoms with van der Waals surface area (Å²) in [5.74, 6) is -0.485. The Hall–Kier alpha value is -3.02. The molecule has 0 saturated carbocycles. The van der Waals surface area contributed by atoms with E-state index in [2.05, 4.69) is 15.5 Å². The Morgan fingerprint density at radius 3 is 2.39 bits per heavy atom. The maximum absolute atomic E-state index is 11.9. The van der Waals surface area contributed by atoms with Crippen molar-refractivity contribution in [2.75, 3.05) is 32.8 Å². The molecule has 2 aromatic carbocycles. The van der Waals surface area contributed by atoms with Gasteiger partial charge >= 0.3 is 12.0 Å². The number of esters is 1. The summed E-state index contributed by atoms with van der Waals surface area (Å²) < 4.78 is 17.5. The van der Waals surface area contributed by atoms with Gasteiger partial charge in [-0.2, -0.15) is 0 Å². The molecule has 206 valence electrons. The van der Waals surface area contributed by atoms with Gasteiger partial charge in [0.2, 0.25) is 0 Å². The molecule has 0 spiro atoms. The maximum atomic E-state index is 11.9. The van der Waals surface area contributed by atoms with Crippen molar-refractivity contribution in [1.29, 1.82) is 0 Å². The van der Waals surface area contributed by atoms with Crippen molar-refractivity contribution in [2.24, 2.45) is 0 Å². The van der Waals surface area contributed by atoms with Crippen molar-refractivity contribution in [3.8, 4) is 0 Å². The molecular weight excluding hydrogens is 490 g/mol. The fourth-order valence-electron chi connectivity index (χ4n) is 4.70. The Morgan fingerprint density at radius 1 is 1.03 bits per heavy atom. The van der Waals surface area contributed by atoms with E-state index in [-0.39, 0.29) is 38.1 Å². The van der Waals surface area contributed by atoms with Gasteiger partial charge in [0.25, 0.3) is 0 Å². The lowest BCUT2D eigenvalue weighted by Gasteiger charge is -2.37. The van der Waals surface area contributed by atoms with Crippen molar-refractivity contribution in [3.63, 3.8) is 0 Å². The first kappa shape index (κ1) is 28.0. The lowest BCUT2D eigenvalue weighted by molar-refractivity contribution is -0.252. The molecule has 4 atom stereocenters. The Morgan fingerprint density at radius 2 is 1.74 bits per heavy atom. The van der Waals surface area contributed by atoms with Crippen molar-refractivity contribution >= 4 is 12.0 Å². The van der Waals surface area contributed by atoms with Gasteiger partial charge < -0.3 is 35.1 Å². The number of urea groups is 1. The first-order valence-electron chi connectivity index (χ1n) is 13.1. The van der Waals surface area contributed by atoms with Gasteiger partial charge in [0.05, 0.1) is 31.5 Å². The smallest absolute Gasteiger partial charge is 0.325 e. The quantitative estimate of drug-likeness (QED) is 0.346. The molecule has 0 radical (unpaired) electrons. The molecule has 0 unspecified atom stereocenters. The molecule has 38 heavy (non-hydrogen) atoms. The summed E-state index contributed by atoms with van der Waals surface area (Å²) in [7, 11) is 0. The van der Waals surface area contributed by atoms with E-state index in [1.807, 2.05) is 48.5 Å². The molecule has 4 N–H and O–H groups in total. The van der Waals surface area contributed by atoms with Crippen molar-refractivity contribution in [3.05, 3.63) is 70.8 Å². The lowest BCUT2D eigenvalue weighted by atomic mass is 9.99. The van der Waals surface area contributed by atoms with Gasteiger partial charge in [-0.3, -0.25) is 9.69 Å². The third kappa shape index (κ3) is 7.99. The molecule has 4 rings (SSSR count). The normalized spacial score (nSPS) is 23.7. The van der Waals surface area contributed by atoms with Crippen LogP contribution in [0.2, 0.25) is 0 Å². The van der Waals surface area contributed by atoms with Gasteiger partial charge in [-0.15, -0.1) is 0 Å². The summed E-state index contributed by atoms with van der Waals surface area (Å²) in [5.41, 5.74) is 3.62. The predicted molar refractivity (Wildman–Crippen MR) is 139 cm³/mol. The Bertz CT molecular complexity index is 1050. The number of rotatable bonds is 10. The van der Waals surface area contributed by atoms with Crippen LogP contribution in [0.1, 0.15) is 54.4 Å². The van der Waals surface area contributed by atoms with Gasteiger partial charge in [-0.1, -0.05) is 48.5 Å². The highest BCUT2D eigenvalue weighted by molar-refractivity contribution is 5.80. The Labute approximate surface area is 222 Å². The molecule has 2 heterocycles. The molecule has 2 amide bonds. The summed E-state index contributed by atoms with van der Waals surface area (Å²) in [6.07, 6.45) is 0.341. The largest absolute Gasteiger partial charge is 0.465 e. The second kappa shape index (κ2) is 13.7. The third-order valence-corrected chi connectivity index (χ3v) is 6.73. The van der Waals surface area contributed by atoms with Gasteiger partial charge in [-0.25, -0.2) is 4.79 Å². The summed E-state index contributed by atoms with van der Waals surface area (Å²) in [5, 5.41) is 24.5. The van der Waals surface area contributed by atoms with Gasteiger partial charge in [-0.05, 0) is 30.0 Å². The van der Waals surface area contributed by atoms with Crippen LogP contribution in [0.15, 0.2) is 48.5 Å². The van der Waals surface area contributed by atoms with E-state index in [0.29, 0.717) is 26.1 Å². The maximum Gasteiger partial charge on any atom is 0.325 e. The highest BCUT2D eigenvalue weighted by Gasteiger charge is 2.34. The SMILES string of the molecule is CCOC(=O)CNC(=O)NCc1ccc([C@@H]2O[C@H](CN3CC[C@H](O)C3)C[C@H](c3ccc(CO)cc3)O2)cc1. The number of amides is 2. The van der Waals surface area contributed by atoms with Crippen molar-refractivity contribution in [1.82, 2.24) is 15.5 Å². The standard InChI is InChI=1S/C28H37N3O7/c1-2-36-26(34)15-30-28(35)29-14-19-3-9-22(10-4-19)27-37-24(17-31-12-11-23(33)16-31)13-25(38-27)21-7-5-20(18-32)6-8-21/h3-10,23-25,27,32-33H,2,11-18H2,1H3,(H2,29,30,35)/t23-,24-,25+,27+/m0/s1. The van der Waals surface area contributed by atoms with Crippen LogP contribution in [-0.2, 0) is 32.2 Å². The molecular formula is C28H37N3O7. The number of hydrogen-bond donors (Lipinski definition) is 4. The topological polar surface area (TPSA) is 130 Å². The first-order valence-corrected chi connectivity index (χ1v) is 13.1. The number of nitrogens with one attached hydrogen (secondary N) is 2. The zero-order chi connectivity index (χ0) is 26.9. The molecule has 2 aliphatic heterocycles. The molecule has 0 aliphatic carbocycles. The van der Waals surface area contributed by atoms with Crippen LogP contribution in [0, 0.1) is 0 Å². The van der Waals surface area contributed by atoms with Crippen LogP contribution in [-0.4, -0.2) is 72.1 Å². The molecule has 2 saturated heterocycles. The number of aliphatic hydroxyl groups excluding tert-OH is 2. The number of carbonyl (C=O) groups excluding carboxylic acids is 2. The monoisotopic (exact) mass is 527 g/mol. The fraction of sp³-hybridized carbons (Fsp3) is 0.500. The second-order valence-electron chi connectivity index (χ2n) is 9.64. The minimum atomic E-state index is -0.571. The molecule has 2 fully saturated rings. The number of aliphatic hydroxyl groups is 2. The zero-order valence-corrected chi connectivity index (χ0v) is 21.7. The molecule has 0 bridgehead atoms. The molecule has 2 aliphatic rings. The van der Waals surface area contributed by atoms with Crippen LogP contribution in [0.3, 0.4) is 0 Å². The Kier molecular flexibility index (Phi) is 10.1. The molecule has 10 nitrogen and oxygen atoms in total. The van der Waals surface area contributed by atoms with Crippen LogP contribution in [0.5, 0.6) is 0 Å². The van der Waals surface area contributed by atoms with E-state index in [9.17, 15) is 19.8 Å². The number of carbonyl (C=O) groups is 2. The van der Waals surface area contributed by atoms with E-state index < -0.39 is 18.3 Å². The lowest BCUT2D eigenvalue weighted by Crippen LogP contribution is -2.39. The van der Waals surface area contributed by atoms with E-state index in [0.717, 1.165) is 35.2 Å². The van der Waals surface area contributed by atoms with E-state index >= 15 is 0 Å². The minimum Gasteiger partial charge on any atom is -0.465 e. The highest BCUT2D eigenvalue weighted by atomic mass is 16.7. The van der Waals surface area contributed by atoms with Gasteiger partial charge in [0, 0.05) is 38.2 Å². The van der Waals surface area contributed by atoms with Crippen LogP contribution < -0.4 is 10.6 Å². The number of β-amino-alcohol motifs (C(OH)–C–C–N with tert-alkyl or cyclic N) is 1. The predicted octanol–water partition coefficient (Wildman–Crippen LogP) is 2.15. The number of likely N-dealkylation sites (tertiary alicyclic amines) is 1. The molecule has 10 heteroatoms. The minimum absolute atomic E-state index is 0.00822. The average Bonchev–Trinajstić information content (AvgIpc) is 3.35. The number of hydrogen-bond acceptors (Lipinski definition) is 8. The van der Waals surface area contributed by atoms with Crippen LogP contribution >= 0.6 is 0 Å². The van der Waals surface area contributed by atoms with E-state index in [1.165, 1.54) is 0 Å². The summed E-state index contributed by atoms with van der Waals surface area (Å²) in [6.45, 7) is 4.28. The summed E-state index contributed by atoms with van der Waals surface area (Å²) >= 11 is 0. The summed E-state index contributed by atoms with van der Waals surface area (Å²) in [4.78, 5) is 25.5. The van der Waals surface area contributed by atoms with Gasteiger partial charge in [0.1, 0.15) is 6.54 Å². The number of ether oxygens (including phenoxy) is 3.